The van der Waals surface area contributed by atoms with Crippen LogP contribution in [0.5, 0.6) is 5.75 Å². The quantitative estimate of drug-likeness (QED) is 0.762. The fraction of sp³-hybridized carbons (Fsp3) is 0.300. The predicted molar refractivity (Wildman–Crippen MR) is 99.9 cm³/mol. The van der Waals surface area contributed by atoms with Gasteiger partial charge in [-0.25, -0.2) is 0 Å². The van der Waals surface area contributed by atoms with Crippen molar-refractivity contribution in [2.75, 3.05) is 32.6 Å². The van der Waals surface area contributed by atoms with Crippen LogP contribution in [0.4, 0.5) is 5.69 Å². The van der Waals surface area contributed by atoms with E-state index >= 15 is 0 Å². The smallest absolute Gasteiger partial charge is 0.225 e. The molecule has 2 aromatic carbocycles. The van der Waals surface area contributed by atoms with Gasteiger partial charge in [0.1, 0.15) is 5.75 Å². The normalized spacial score (nSPS) is 11.7. The van der Waals surface area contributed by atoms with Gasteiger partial charge in [0.25, 0.3) is 0 Å². The highest BCUT2D eigenvalue weighted by atomic mass is 16.5. The summed E-state index contributed by atoms with van der Waals surface area (Å²) in [5, 5.41) is 21.3. The average Bonchev–Trinajstić information content (AvgIpc) is 2.68. The third-order valence-corrected chi connectivity index (χ3v) is 4.19. The molecule has 0 bridgehead atoms. The molecular formula is C20H23N3O3. The first-order chi connectivity index (χ1) is 12.6. The molecule has 0 spiro atoms. The Morgan fingerprint density at radius 2 is 1.88 bits per heavy atom. The van der Waals surface area contributed by atoms with E-state index in [2.05, 4.69) is 5.32 Å². The lowest BCUT2D eigenvalue weighted by Crippen LogP contribution is -2.30. The minimum atomic E-state index is -0.191. The summed E-state index contributed by atoms with van der Waals surface area (Å²) in [5.41, 5.74) is 2.17. The lowest BCUT2D eigenvalue weighted by atomic mass is 10.1. The molecule has 136 valence electrons. The first-order valence-electron chi connectivity index (χ1n) is 8.32. The Morgan fingerprint density at radius 1 is 1.23 bits per heavy atom. The number of anilines is 1. The van der Waals surface area contributed by atoms with Crippen molar-refractivity contribution >= 4 is 11.6 Å². The second kappa shape index (κ2) is 9.56. The summed E-state index contributed by atoms with van der Waals surface area (Å²) in [5.74, 6) is 0.642. The zero-order valence-electron chi connectivity index (χ0n) is 15.0. The second-order valence-corrected chi connectivity index (χ2v) is 5.94. The zero-order valence-corrected chi connectivity index (χ0v) is 15.0. The van der Waals surface area contributed by atoms with Gasteiger partial charge in [-0.2, -0.15) is 5.26 Å². The van der Waals surface area contributed by atoms with Gasteiger partial charge in [-0.05, 0) is 49.0 Å². The van der Waals surface area contributed by atoms with E-state index in [0.29, 0.717) is 24.2 Å². The number of likely N-dealkylation sites (N-methyl/N-ethyl adjacent to an activating group) is 1. The molecule has 0 aromatic heterocycles. The monoisotopic (exact) mass is 353 g/mol. The second-order valence-electron chi connectivity index (χ2n) is 5.94. The third kappa shape index (κ3) is 5.31. The SMILES string of the molecule is COc1ccc(C(CO)N(C)CCC(=O)Nc2ccc(C#N)cc2)cc1. The Hall–Kier alpha value is -2.88. The molecule has 1 atom stereocenters. The van der Waals surface area contributed by atoms with Crippen LogP contribution < -0.4 is 10.1 Å². The first kappa shape index (κ1) is 19.4. The van der Waals surface area contributed by atoms with Gasteiger partial charge >= 0.3 is 0 Å². The van der Waals surface area contributed by atoms with Crippen molar-refractivity contribution in [3.05, 3.63) is 59.7 Å². The fourth-order valence-corrected chi connectivity index (χ4v) is 2.61. The Morgan fingerprint density at radius 3 is 2.42 bits per heavy atom. The van der Waals surface area contributed by atoms with Gasteiger partial charge in [0.2, 0.25) is 5.91 Å². The van der Waals surface area contributed by atoms with E-state index in [-0.39, 0.29) is 18.6 Å². The summed E-state index contributed by atoms with van der Waals surface area (Å²) in [4.78, 5) is 14.1. The van der Waals surface area contributed by atoms with Crippen molar-refractivity contribution < 1.29 is 14.6 Å². The van der Waals surface area contributed by atoms with Gasteiger partial charge in [0.15, 0.2) is 0 Å². The first-order valence-corrected chi connectivity index (χ1v) is 8.32. The molecule has 26 heavy (non-hydrogen) atoms. The van der Waals surface area contributed by atoms with Crippen molar-refractivity contribution in [2.24, 2.45) is 0 Å². The number of amides is 1. The van der Waals surface area contributed by atoms with Gasteiger partial charge in [-0.15, -0.1) is 0 Å². The maximum atomic E-state index is 12.1. The van der Waals surface area contributed by atoms with Crippen LogP contribution in [0.1, 0.15) is 23.6 Å². The van der Waals surface area contributed by atoms with Gasteiger partial charge in [-0.3, -0.25) is 9.69 Å². The summed E-state index contributed by atoms with van der Waals surface area (Å²) in [6, 6.07) is 16.1. The lowest BCUT2D eigenvalue weighted by molar-refractivity contribution is -0.116. The molecule has 0 heterocycles. The predicted octanol–water partition coefficient (Wildman–Crippen LogP) is 2.56. The number of carbonyl (C=O) groups is 1. The van der Waals surface area contributed by atoms with E-state index in [1.807, 2.05) is 42.3 Å². The lowest BCUT2D eigenvalue weighted by Gasteiger charge is -2.26. The maximum absolute atomic E-state index is 12.1. The number of nitrogens with one attached hydrogen (secondary N) is 1. The largest absolute Gasteiger partial charge is 0.497 e. The molecule has 6 nitrogen and oxygen atoms in total. The van der Waals surface area contributed by atoms with Crippen LogP contribution in [-0.4, -0.2) is 43.2 Å². The summed E-state index contributed by atoms with van der Waals surface area (Å²) in [6.07, 6.45) is 0.295. The zero-order chi connectivity index (χ0) is 18.9. The van der Waals surface area contributed by atoms with Crippen LogP contribution in [0.25, 0.3) is 0 Å². The van der Waals surface area contributed by atoms with Crippen LogP contribution in [0.3, 0.4) is 0 Å². The van der Waals surface area contributed by atoms with Gasteiger partial charge in [0.05, 0.1) is 31.4 Å². The van der Waals surface area contributed by atoms with E-state index in [4.69, 9.17) is 10.00 Å². The highest BCUT2D eigenvalue weighted by Gasteiger charge is 2.17. The minimum Gasteiger partial charge on any atom is -0.497 e. The van der Waals surface area contributed by atoms with Crippen molar-refractivity contribution in [2.45, 2.75) is 12.5 Å². The van der Waals surface area contributed by atoms with Gasteiger partial charge < -0.3 is 15.2 Å². The minimum absolute atomic E-state index is 0.0416. The number of ether oxygens (including phenoxy) is 1. The number of aliphatic hydroxyl groups is 1. The fourth-order valence-electron chi connectivity index (χ4n) is 2.61. The molecule has 2 rings (SSSR count). The van der Waals surface area contributed by atoms with E-state index in [9.17, 15) is 9.90 Å². The number of benzene rings is 2. The molecule has 0 fully saturated rings. The van der Waals surface area contributed by atoms with Crippen molar-refractivity contribution in [1.82, 2.24) is 4.90 Å². The summed E-state index contributed by atoms with van der Waals surface area (Å²) >= 11 is 0. The molecule has 0 radical (unpaired) electrons. The van der Waals surface area contributed by atoms with E-state index in [0.717, 1.165) is 11.3 Å². The molecule has 0 saturated carbocycles. The van der Waals surface area contributed by atoms with E-state index in [1.54, 1.807) is 31.4 Å². The molecule has 0 aliphatic rings. The molecular weight excluding hydrogens is 330 g/mol. The van der Waals surface area contributed by atoms with Crippen LogP contribution in [0.2, 0.25) is 0 Å². The van der Waals surface area contributed by atoms with E-state index in [1.165, 1.54) is 0 Å². The van der Waals surface area contributed by atoms with Gasteiger partial charge in [-0.1, -0.05) is 12.1 Å². The highest BCUT2D eigenvalue weighted by Crippen LogP contribution is 2.22. The Kier molecular flexibility index (Phi) is 7.15. The topological polar surface area (TPSA) is 85.6 Å². The number of hydrogen-bond acceptors (Lipinski definition) is 5. The Balaban J connectivity index is 1.89. The number of nitrogens with zero attached hydrogens (tertiary/aromatic N) is 2. The van der Waals surface area contributed by atoms with Crippen molar-refractivity contribution in [3.63, 3.8) is 0 Å². The Bertz CT molecular complexity index is 751. The standard InChI is InChI=1S/C20H23N3O3/c1-23(19(14-24)16-5-9-18(26-2)10-6-16)12-11-20(25)22-17-7-3-15(13-21)4-8-17/h3-10,19,24H,11-12,14H2,1-2H3,(H,22,25). The molecule has 1 amide bonds. The van der Waals surface area contributed by atoms with Gasteiger partial charge in [0, 0.05) is 18.7 Å². The molecule has 2 aromatic rings. The number of rotatable bonds is 8. The summed E-state index contributed by atoms with van der Waals surface area (Å²) in [6.45, 7) is 0.458. The van der Waals surface area contributed by atoms with E-state index < -0.39 is 0 Å². The third-order valence-electron chi connectivity index (χ3n) is 4.19. The molecule has 6 heteroatoms. The average molecular weight is 353 g/mol. The van der Waals surface area contributed by atoms with Crippen LogP contribution >= 0.6 is 0 Å². The van der Waals surface area contributed by atoms with Crippen LogP contribution in [-0.2, 0) is 4.79 Å². The number of carbonyl (C=O) groups excluding carboxylic acids is 1. The molecule has 2 N–H and O–H groups in total. The molecule has 0 aliphatic carbocycles. The van der Waals surface area contributed by atoms with Crippen molar-refractivity contribution in [1.29, 1.82) is 5.26 Å². The summed E-state index contributed by atoms with van der Waals surface area (Å²) in [7, 11) is 3.48. The van der Waals surface area contributed by atoms with Crippen LogP contribution in [0, 0.1) is 11.3 Å². The summed E-state index contributed by atoms with van der Waals surface area (Å²) < 4.78 is 5.15. The van der Waals surface area contributed by atoms with Crippen LogP contribution in [0.15, 0.2) is 48.5 Å². The Labute approximate surface area is 153 Å². The maximum Gasteiger partial charge on any atom is 0.225 e. The number of nitriles is 1. The number of methoxy groups -OCH3 is 1. The number of aliphatic hydroxyl groups excluding tert-OH is 1. The van der Waals surface area contributed by atoms with Crippen molar-refractivity contribution in [3.8, 4) is 11.8 Å². The molecule has 1 unspecified atom stereocenters. The highest BCUT2D eigenvalue weighted by molar-refractivity contribution is 5.90. The molecule has 0 aliphatic heterocycles. The number of hydrogen-bond donors (Lipinski definition) is 2. The molecule has 0 saturated heterocycles.